The van der Waals surface area contributed by atoms with E-state index in [2.05, 4.69) is 37.3 Å². The summed E-state index contributed by atoms with van der Waals surface area (Å²) in [6.07, 6.45) is 13.6. The monoisotopic (exact) mass is 254 g/mol. The van der Waals surface area contributed by atoms with Gasteiger partial charge in [0, 0.05) is 28.8 Å². The van der Waals surface area contributed by atoms with Crippen molar-refractivity contribution < 1.29 is 0 Å². The molecular weight excluding hydrogens is 232 g/mol. The zero-order chi connectivity index (χ0) is 13.4. The molecule has 4 N–H and O–H groups in total. The molecule has 0 saturated carbocycles. The minimum Gasteiger partial charge on any atom is -0.398 e. The van der Waals surface area contributed by atoms with E-state index < -0.39 is 0 Å². The van der Waals surface area contributed by atoms with Gasteiger partial charge in [-0.15, -0.1) is 0 Å². The molecule has 0 radical (unpaired) electrons. The molecule has 2 atom stereocenters. The van der Waals surface area contributed by atoms with Crippen LogP contribution in [0.4, 0.5) is 11.4 Å². The van der Waals surface area contributed by atoms with Gasteiger partial charge in [-0.3, -0.25) is 0 Å². The fourth-order valence-corrected chi connectivity index (χ4v) is 3.37. The quantitative estimate of drug-likeness (QED) is 0.618. The Bertz CT molecular complexity index is 555. The summed E-state index contributed by atoms with van der Waals surface area (Å²) in [4.78, 5) is 0. The highest BCUT2D eigenvalue weighted by atomic mass is 14.7. The van der Waals surface area contributed by atoms with E-state index >= 15 is 0 Å². The first-order valence-corrected chi connectivity index (χ1v) is 7.20. The summed E-state index contributed by atoms with van der Waals surface area (Å²) in [7, 11) is 0. The van der Waals surface area contributed by atoms with Crippen LogP contribution in [0.15, 0.2) is 30.4 Å². The van der Waals surface area contributed by atoms with Gasteiger partial charge >= 0.3 is 0 Å². The van der Waals surface area contributed by atoms with E-state index in [-0.39, 0.29) is 0 Å². The first-order chi connectivity index (χ1) is 9.18. The Balaban J connectivity index is 2.11. The van der Waals surface area contributed by atoms with Crippen LogP contribution in [0, 0.1) is 6.92 Å². The summed E-state index contributed by atoms with van der Waals surface area (Å²) in [6, 6.07) is 2.19. The van der Waals surface area contributed by atoms with Gasteiger partial charge in [0.05, 0.1) is 0 Å². The van der Waals surface area contributed by atoms with Crippen molar-refractivity contribution in [2.45, 2.75) is 44.4 Å². The number of aryl methyl sites for hydroxylation is 1. The van der Waals surface area contributed by atoms with E-state index in [0.717, 1.165) is 30.6 Å². The summed E-state index contributed by atoms with van der Waals surface area (Å²) >= 11 is 0. The van der Waals surface area contributed by atoms with Crippen LogP contribution in [0.2, 0.25) is 0 Å². The largest absolute Gasteiger partial charge is 0.398 e. The molecule has 0 aliphatic heterocycles. The van der Waals surface area contributed by atoms with E-state index in [9.17, 15) is 0 Å². The van der Waals surface area contributed by atoms with Crippen LogP contribution < -0.4 is 11.5 Å². The second kappa shape index (κ2) is 4.76. The van der Waals surface area contributed by atoms with Crippen LogP contribution in [0.1, 0.15) is 54.2 Å². The molecular formula is C17H22N2. The normalized spacial score (nSPS) is 25.3. The molecule has 1 aromatic carbocycles. The topological polar surface area (TPSA) is 52.0 Å². The van der Waals surface area contributed by atoms with Gasteiger partial charge in [-0.1, -0.05) is 30.4 Å². The second-order valence-electron chi connectivity index (χ2n) is 5.75. The number of hydrogen-bond acceptors (Lipinski definition) is 2. The van der Waals surface area contributed by atoms with E-state index in [1.54, 1.807) is 0 Å². The lowest BCUT2D eigenvalue weighted by Crippen LogP contribution is -2.10. The predicted molar refractivity (Wildman–Crippen MR) is 82.2 cm³/mol. The molecule has 1 aromatic rings. The van der Waals surface area contributed by atoms with E-state index in [1.807, 2.05) is 0 Å². The van der Waals surface area contributed by atoms with Crippen molar-refractivity contribution in [2.24, 2.45) is 0 Å². The minimum absolute atomic E-state index is 0.407. The molecule has 2 aliphatic carbocycles. The predicted octanol–water partition coefficient (Wildman–Crippen LogP) is 4.03. The molecule has 3 rings (SSSR count). The zero-order valence-electron chi connectivity index (χ0n) is 11.5. The Morgan fingerprint density at radius 3 is 2.16 bits per heavy atom. The number of nitrogen functional groups attached to an aromatic ring is 2. The van der Waals surface area contributed by atoms with Gasteiger partial charge in [0.2, 0.25) is 0 Å². The summed E-state index contributed by atoms with van der Waals surface area (Å²) in [5, 5.41) is 0. The Kier molecular flexibility index (Phi) is 3.09. The first kappa shape index (κ1) is 12.3. The summed E-state index contributed by atoms with van der Waals surface area (Å²) in [6.45, 7) is 2.10. The Hall–Kier alpha value is -1.70. The Morgan fingerprint density at radius 1 is 0.947 bits per heavy atom. The SMILES string of the molecule is Cc1cc(C2C=CCC2)c(N)c(C2C=CCC2)c1N. The summed E-state index contributed by atoms with van der Waals surface area (Å²) < 4.78 is 0. The number of allylic oxidation sites excluding steroid dienone is 4. The van der Waals surface area contributed by atoms with Gasteiger partial charge < -0.3 is 11.5 Å². The molecule has 0 spiro atoms. The fraction of sp³-hybridized carbons (Fsp3) is 0.412. The lowest BCUT2D eigenvalue weighted by molar-refractivity contribution is 0.783. The third-order valence-corrected chi connectivity index (χ3v) is 4.48. The molecule has 0 bridgehead atoms. The van der Waals surface area contributed by atoms with Gasteiger partial charge in [0.1, 0.15) is 0 Å². The van der Waals surface area contributed by atoms with E-state index in [1.165, 1.54) is 23.1 Å². The zero-order valence-corrected chi connectivity index (χ0v) is 11.5. The molecule has 0 fully saturated rings. The molecule has 0 saturated heterocycles. The molecule has 19 heavy (non-hydrogen) atoms. The van der Waals surface area contributed by atoms with Crippen molar-refractivity contribution in [3.05, 3.63) is 47.1 Å². The highest BCUT2D eigenvalue weighted by Gasteiger charge is 2.24. The molecule has 100 valence electrons. The fourth-order valence-electron chi connectivity index (χ4n) is 3.37. The summed E-state index contributed by atoms with van der Waals surface area (Å²) in [5.41, 5.74) is 18.2. The number of hydrogen-bond donors (Lipinski definition) is 2. The Morgan fingerprint density at radius 2 is 1.58 bits per heavy atom. The van der Waals surface area contributed by atoms with Crippen molar-refractivity contribution in [2.75, 3.05) is 11.5 Å². The molecule has 2 unspecified atom stereocenters. The number of rotatable bonds is 2. The van der Waals surface area contributed by atoms with Crippen molar-refractivity contribution in [1.29, 1.82) is 0 Å². The van der Waals surface area contributed by atoms with Gasteiger partial charge in [-0.25, -0.2) is 0 Å². The molecule has 2 heteroatoms. The molecule has 0 heterocycles. The Labute approximate surface area is 115 Å². The lowest BCUT2D eigenvalue weighted by atomic mass is 9.86. The van der Waals surface area contributed by atoms with Crippen LogP contribution in [0.25, 0.3) is 0 Å². The molecule has 0 amide bonds. The third kappa shape index (κ3) is 2.05. The molecule has 2 nitrogen and oxygen atoms in total. The van der Waals surface area contributed by atoms with Crippen molar-refractivity contribution >= 4 is 11.4 Å². The lowest BCUT2D eigenvalue weighted by Gasteiger charge is -2.22. The highest BCUT2D eigenvalue weighted by molar-refractivity contribution is 5.72. The summed E-state index contributed by atoms with van der Waals surface area (Å²) in [5.74, 6) is 0.882. The van der Waals surface area contributed by atoms with Crippen LogP contribution in [-0.2, 0) is 0 Å². The van der Waals surface area contributed by atoms with Crippen molar-refractivity contribution in [3.63, 3.8) is 0 Å². The van der Waals surface area contributed by atoms with Crippen molar-refractivity contribution in [3.8, 4) is 0 Å². The number of benzene rings is 1. The van der Waals surface area contributed by atoms with Gasteiger partial charge in [-0.2, -0.15) is 0 Å². The van der Waals surface area contributed by atoms with Gasteiger partial charge in [0.15, 0.2) is 0 Å². The van der Waals surface area contributed by atoms with E-state index in [0.29, 0.717) is 11.8 Å². The molecule has 0 aromatic heterocycles. The first-order valence-electron chi connectivity index (χ1n) is 7.20. The van der Waals surface area contributed by atoms with Crippen LogP contribution in [0.5, 0.6) is 0 Å². The smallest absolute Gasteiger partial charge is 0.0412 e. The number of nitrogens with two attached hydrogens (primary N) is 2. The standard InChI is InChI=1S/C17H22N2/c1-11-10-14(12-6-2-3-7-12)17(19)15(16(11)18)13-8-4-5-9-13/h2,4,6,8,10,12-13H,3,5,7,9,18-19H2,1H3. The maximum Gasteiger partial charge on any atom is 0.0412 e. The average molecular weight is 254 g/mol. The third-order valence-electron chi connectivity index (χ3n) is 4.48. The second-order valence-corrected chi connectivity index (χ2v) is 5.75. The molecule has 2 aliphatic rings. The van der Waals surface area contributed by atoms with Crippen LogP contribution in [0.3, 0.4) is 0 Å². The van der Waals surface area contributed by atoms with Crippen LogP contribution >= 0.6 is 0 Å². The maximum atomic E-state index is 6.46. The van der Waals surface area contributed by atoms with E-state index in [4.69, 9.17) is 11.5 Å². The maximum absolute atomic E-state index is 6.46. The van der Waals surface area contributed by atoms with Crippen molar-refractivity contribution in [1.82, 2.24) is 0 Å². The van der Waals surface area contributed by atoms with Gasteiger partial charge in [0.25, 0.3) is 0 Å². The van der Waals surface area contributed by atoms with Gasteiger partial charge in [-0.05, 0) is 43.7 Å². The number of anilines is 2. The van der Waals surface area contributed by atoms with Crippen LogP contribution in [-0.4, -0.2) is 0 Å². The minimum atomic E-state index is 0.407. The average Bonchev–Trinajstić information content (AvgIpc) is 3.06. The highest BCUT2D eigenvalue weighted by Crippen LogP contribution is 2.43.